The van der Waals surface area contributed by atoms with Crippen molar-refractivity contribution >= 4 is 27.7 Å². The van der Waals surface area contributed by atoms with Crippen molar-refractivity contribution in [3.63, 3.8) is 0 Å². The second-order valence-corrected chi connectivity index (χ2v) is 6.41. The monoisotopic (exact) mass is 343 g/mol. The molecule has 0 aliphatic rings. The van der Waals surface area contributed by atoms with Crippen LogP contribution in [0.25, 0.3) is 21.8 Å². The Kier molecular flexibility index (Phi) is 4.65. The highest BCUT2D eigenvalue weighted by molar-refractivity contribution is 5.82. The summed E-state index contributed by atoms with van der Waals surface area (Å²) in [7, 11) is 0. The van der Waals surface area contributed by atoms with E-state index in [9.17, 15) is 4.79 Å². The van der Waals surface area contributed by atoms with Crippen LogP contribution in [0.1, 0.15) is 12.0 Å². The van der Waals surface area contributed by atoms with Gasteiger partial charge in [-0.3, -0.25) is 9.78 Å². The molecular formula is C22H21N3O. The molecule has 0 atom stereocenters. The van der Waals surface area contributed by atoms with Gasteiger partial charge in [0, 0.05) is 42.8 Å². The molecule has 4 rings (SSSR count). The molecule has 0 aliphatic carbocycles. The minimum Gasteiger partial charge on any atom is -0.356 e. The van der Waals surface area contributed by atoms with Crippen LogP contribution in [0.4, 0.5) is 0 Å². The molecule has 0 spiro atoms. The zero-order chi connectivity index (χ0) is 17.8. The third kappa shape index (κ3) is 3.45. The molecule has 0 radical (unpaired) electrons. The fraction of sp³-hybridized carbons (Fsp3) is 0.182. The summed E-state index contributed by atoms with van der Waals surface area (Å²) >= 11 is 0. The molecular weight excluding hydrogens is 322 g/mol. The topological polar surface area (TPSA) is 46.9 Å². The third-order valence-corrected chi connectivity index (χ3v) is 4.69. The Morgan fingerprint density at radius 2 is 1.81 bits per heavy atom. The highest BCUT2D eigenvalue weighted by Crippen LogP contribution is 2.16. The third-order valence-electron chi connectivity index (χ3n) is 4.69. The highest BCUT2D eigenvalue weighted by Gasteiger charge is 2.06. The molecule has 4 nitrogen and oxygen atoms in total. The first kappa shape index (κ1) is 16.3. The second kappa shape index (κ2) is 7.40. The lowest BCUT2D eigenvalue weighted by atomic mass is 10.1. The zero-order valence-corrected chi connectivity index (χ0v) is 14.6. The molecule has 26 heavy (non-hydrogen) atoms. The maximum atomic E-state index is 12.2. The van der Waals surface area contributed by atoms with Crippen LogP contribution in [-0.2, 0) is 17.8 Å². The molecule has 0 aliphatic heterocycles. The SMILES string of the molecule is O=C(CCn1ccc2ccccc21)NCCc1cccc2cccnc12. The van der Waals surface area contributed by atoms with E-state index in [2.05, 4.69) is 51.3 Å². The van der Waals surface area contributed by atoms with Gasteiger partial charge in [-0.2, -0.15) is 0 Å². The molecule has 2 heterocycles. The minimum absolute atomic E-state index is 0.0796. The van der Waals surface area contributed by atoms with E-state index in [1.165, 1.54) is 16.5 Å². The van der Waals surface area contributed by atoms with Crippen molar-refractivity contribution in [1.82, 2.24) is 14.9 Å². The van der Waals surface area contributed by atoms with E-state index in [1.807, 2.05) is 36.7 Å². The number of pyridine rings is 1. The van der Waals surface area contributed by atoms with E-state index in [-0.39, 0.29) is 5.91 Å². The van der Waals surface area contributed by atoms with Gasteiger partial charge in [-0.05, 0) is 35.6 Å². The molecule has 130 valence electrons. The molecule has 1 N–H and O–H groups in total. The van der Waals surface area contributed by atoms with Gasteiger partial charge in [0.05, 0.1) is 5.52 Å². The number of carbonyl (C=O) groups excluding carboxylic acids is 1. The number of aryl methyl sites for hydroxylation is 1. The number of hydrogen-bond acceptors (Lipinski definition) is 2. The number of amides is 1. The molecule has 2 aromatic heterocycles. The first-order valence-corrected chi connectivity index (χ1v) is 8.94. The van der Waals surface area contributed by atoms with Crippen molar-refractivity contribution in [3.05, 3.63) is 78.6 Å². The van der Waals surface area contributed by atoms with Crippen LogP contribution in [0.5, 0.6) is 0 Å². The van der Waals surface area contributed by atoms with Gasteiger partial charge in [0.15, 0.2) is 0 Å². The Morgan fingerprint density at radius 3 is 2.77 bits per heavy atom. The van der Waals surface area contributed by atoms with Gasteiger partial charge in [-0.25, -0.2) is 0 Å². The van der Waals surface area contributed by atoms with Crippen molar-refractivity contribution < 1.29 is 4.79 Å². The first-order valence-electron chi connectivity index (χ1n) is 8.94. The maximum absolute atomic E-state index is 12.2. The van der Waals surface area contributed by atoms with Gasteiger partial charge in [0.2, 0.25) is 5.91 Å². The normalized spacial score (nSPS) is 11.1. The van der Waals surface area contributed by atoms with Crippen LogP contribution in [0.2, 0.25) is 0 Å². The molecule has 4 aromatic rings. The number of nitrogens with one attached hydrogen (secondary N) is 1. The van der Waals surface area contributed by atoms with E-state index in [0.29, 0.717) is 19.5 Å². The highest BCUT2D eigenvalue weighted by atomic mass is 16.1. The van der Waals surface area contributed by atoms with E-state index in [0.717, 1.165) is 17.3 Å². The van der Waals surface area contributed by atoms with E-state index < -0.39 is 0 Å². The van der Waals surface area contributed by atoms with Gasteiger partial charge < -0.3 is 9.88 Å². The summed E-state index contributed by atoms with van der Waals surface area (Å²) in [5, 5.41) is 5.37. The fourth-order valence-electron chi connectivity index (χ4n) is 3.35. The molecule has 0 unspecified atom stereocenters. The summed E-state index contributed by atoms with van der Waals surface area (Å²) in [6.07, 6.45) is 5.12. The van der Waals surface area contributed by atoms with Crippen LogP contribution in [0.3, 0.4) is 0 Å². The quantitative estimate of drug-likeness (QED) is 0.576. The van der Waals surface area contributed by atoms with Gasteiger partial charge >= 0.3 is 0 Å². The molecule has 0 fully saturated rings. The van der Waals surface area contributed by atoms with Crippen molar-refractivity contribution in [2.75, 3.05) is 6.54 Å². The van der Waals surface area contributed by atoms with Crippen LogP contribution in [0.15, 0.2) is 73.1 Å². The van der Waals surface area contributed by atoms with Crippen molar-refractivity contribution in [3.8, 4) is 0 Å². The largest absolute Gasteiger partial charge is 0.356 e. The standard InChI is InChI=1S/C22H21N3O/c26-21(12-16-25-15-11-17-5-1-2-9-20(17)25)23-14-10-19-7-3-6-18-8-4-13-24-22(18)19/h1-9,11,13,15H,10,12,14,16H2,(H,23,26). The van der Waals surface area contributed by atoms with Gasteiger partial charge in [-0.1, -0.05) is 42.5 Å². The lowest BCUT2D eigenvalue weighted by Gasteiger charge is -2.08. The van der Waals surface area contributed by atoms with Gasteiger partial charge in [-0.15, -0.1) is 0 Å². The molecule has 0 saturated heterocycles. The van der Waals surface area contributed by atoms with Crippen LogP contribution in [-0.4, -0.2) is 22.0 Å². The molecule has 0 bridgehead atoms. The summed E-state index contributed by atoms with van der Waals surface area (Å²) in [6, 6.07) is 20.5. The fourth-order valence-corrected chi connectivity index (χ4v) is 3.35. The van der Waals surface area contributed by atoms with E-state index >= 15 is 0 Å². The lowest BCUT2D eigenvalue weighted by molar-refractivity contribution is -0.121. The minimum atomic E-state index is 0.0796. The van der Waals surface area contributed by atoms with Crippen LogP contribution >= 0.6 is 0 Å². The number of aromatic nitrogens is 2. The Labute approximate surface area is 152 Å². The summed E-state index contributed by atoms with van der Waals surface area (Å²) in [6.45, 7) is 1.32. The Morgan fingerprint density at radius 1 is 0.962 bits per heavy atom. The van der Waals surface area contributed by atoms with Gasteiger partial charge in [0.25, 0.3) is 0 Å². The van der Waals surface area contributed by atoms with E-state index in [4.69, 9.17) is 0 Å². The Balaban J connectivity index is 1.31. The predicted molar refractivity (Wildman–Crippen MR) is 105 cm³/mol. The van der Waals surface area contributed by atoms with Gasteiger partial charge in [0.1, 0.15) is 0 Å². The van der Waals surface area contributed by atoms with Crippen molar-refractivity contribution in [1.29, 1.82) is 0 Å². The number of fused-ring (bicyclic) bond motifs is 2. The average Bonchev–Trinajstić information content (AvgIpc) is 3.10. The number of para-hydroxylation sites is 2. The van der Waals surface area contributed by atoms with Crippen LogP contribution in [0, 0.1) is 0 Å². The summed E-state index contributed by atoms with van der Waals surface area (Å²) in [4.78, 5) is 16.6. The first-order chi connectivity index (χ1) is 12.8. The Hall–Kier alpha value is -3.14. The maximum Gasteiger partial charge on any atom is 0.221 e. The van der Waals surface area contributed by atoms with Crippen molar-refractivity contribution in [2.24, 2.45) is 0 Å². The summed E-state index contributed by atoms with van der Waals surface area (Å²) in [5.41, 5.74) is 3.35. The number of carbonyl (C=O) groups is 1. The number of nitrogens with zero attached hydrogens (tertiary/aromatic N) is 2. The van der Waals surface area contributed by atoms with Crippen LogP contribution < -0.4 is 5.32 Å². The number of hydrogen-bond donors (Lipinski definition) is 1. The summed E-state index contributed by atoms with van der Waals surface area (Å²) < 4.78 is 2.13. The Bertz CT molecular complexity index is 1050. The molecule has 4 heteroatoms. The van der Waals surface area contributed by atoms with Crippen molar-refractivity contribution in [2.45, 2.75) is 19.4 Å². The zero-order valence-electron chi connectivity index (χ0n) is 14.6. The molecule has 2 aromatic carbocycles. The second-order valence-electron chi connectivity index (χ2n) is 6.41. The molecule has 1 amide bonds. The number of rotatable bonds is 6. The lowest BCUT2D eigenvalue weighted by Crippen LogP contribution is -2.26. The predicted octanol–water partition coefficient (Wildman–Crippen LogP) is 3.94. The smallest absolute Gasteiger partial charge is 0.221 e. The van der Waals surface area contributed by atoms with E-state index in [1.54, 1.807) is 0 Å². The number of benzene rings is 2. The summed E-state index contributed by atoms with van der Waals surface area (Å²) in [5.74, 6) is 0.0796. The average molecular weight is 343 g/mol. The molecule has 0 saturated carbocycles.